The van der Waals surface area contributed by atoms with E-state index in [0.29, 0.717) is 6.61 Å². The van der Waals surface area contributed by atoms with Gasteiger partial charge in [0.15, 0.2) is 0 Å². The molecule has 0 amide bonds. The molecule has 1 heterocycles. The van der Waals surface area contributed by atoms with E-state index in [0.717, 1.165) is 6.42 Å². The van der Waals surface area contributed by atoms with Gasteiger partial charge in [0.2, 0.25) is 0 Å². The first kappa shape index (κ1) is 8.05. The minimum atomic E-state index is -1.22. The molecule has 0 bridgehead atoms. The maximum absolute atomic E-state index is 8.76. The van der Waals surface area contributed by atoms with Crippen molar-refractivity contribution < 1.29 is 14.8 Å². The van der Waals surface area contributed by atoms with Crippen molar-refractivity contribution in [1.29, 1.82) is 0 Å². The Hall–Kier alpha value is -0.0551. The Bertz CT molecular complexity index is 124. The number of ether oxygens (including phenoxy) is 1. The van der Waals surface area contributed by atoms with E-state index < -0.39 is 7.12 Å². The molecule has 1 rings (SSSR count). The van der Waals surface area contributed by atoms with Crippen molar-refractivity contribution in [2.45, 2.75) is 31.7 Å². The van der Waals surface area contributed by atoms with Gasteiger partial charge in [0.1, 0.15) is 0 Å². The van der Waals surface area contributed by atoms with Crippen molar-refractivity contribution in [1.82, 2.24) is 0 Å². The van der Waals surface area contributed by atoms with E-state index in [-0.39, 0.29) is 11.4 Å². The molecule has 1 saturated heterocycles. The van der Waals surface area contributed by atoms with E-state index in [2.05, 4.69) is 0 Å². The molecule has 1 atom stereocenters. The number of hydrogen-bond donors (Lipinski definition) is 2. The molecule has 0 aromatic carbocycles. The van der Waals surface area contributed by atoms with Crippen LogP contribution in [-0.4, -0.2) is 29.4 Å². The zero-order valence-corrected chi connectivity index (χ0v) is 6.37. The van der Waals surface area contributed by atoms with Gasteiger partial charge in [-0.25, -0.2) is 0 Å². The van der Waals surface area contributed by atoms with Crippen LogP contribution in [0.15, 0.2) is 0 Å². The predicted molar refractivity (Wildman–Crippen MR) is 38.6 cm³/mol. The molecule has 2 N–H and O–H groups in total. The maximum atomic E-state index is 8.76. The Morgan fingerprint density at radius 2 is 2.10 bits per heavy atom. The number of rotatable bonds is 1. The Labute approximate surface area is 61.2 Å². The van der Waals surface area contributed by atoms with Gasteiger partial charge in [0.05, 0.1) is 5.60 Å². The van der Waals surface area contributed by atoms with Crippen molar-refractivity contribution in [3.8, 4) is 0 Å². The molecule has 1 aliphatic rings. The van der Waals surface area contributed by atoms with E-state index in [9.17, 15) is 0 Å². The van der Waals surface area contributed by atoms with Gasteiger partial charge in [-0.3, -0.25) is 0 Å². The second kappa shape index (κ2) is 2.53. The quantitative estimate of drug-likeness (QED) is 0.510. The van der Waals surface area contributed by atoms with Crippen LogP contribution in [0, 0.1) is 0 Å². The van der Waals surface area contributed by atoms with Gasteiger partial charge in [-0.15, -0.1) is 0 Å². The SMILES string of the molecule is CC1(C)CC(B(O)O)CO1. The third-order valence-electron chi connectivity index (χ3n) is 1.86. The molecule has 0 saturated carbocycles. The molecule has 1 unspecified atom stereocenters. The van der Waals surface area contributed by atoms with E-state index in [1.807, 2.05) is 13.8 Å². The monoisotopic (exact) mass is 144 g/mol. The predicted octanol–water partition coefficient (Wildman–Crippen LogP) is 0.0283. The topological polar surface area (TPSA) is 49.7 Å². The normalized spacial score (nSPS) is 30.6. The van der Waals surface area contributed by atoms with Crippen LogP contribution in [-0.2, 0) is 4.74 Å². The molecule has 58 valence electrons. The first-order chi connectivity index (χ1) is 4.51. The third-order valence-corrected chi connectivity index (χ3v) is 1.86. The molecule has 10 heavy (non-hydrogen) atoms. The van der Waals surface area contributed by atoms with Crippen LogP contribution < -0.4 is 0 Å². The highest BCUT2D eigenvalue weighted by Crippen LogP contribution is 2.33. The van der Waals surface area contributed by atoms with Crippen LogP contribution in [0.25, 0.3) is 0 Å². The maximum Gasteiger partial charge on any atom is 0.457 e. The molecule has 0 aliphatic carbocycles. The molecular formula is C6H13BO3. The van der Waals surface area contributed by atoms with E-state index in [1.165, 1.54) is 0 Å². The Kier molecular flexibility index (Phi) is 2.03. The highest BCUT2D eigenvalue weighted by Gasteiger charge is 2.37. The summed E-state index contributed by atoms with van der Waals surface area (Å²) in [6, 6.07) is 0. The second-order valence-corrected chi connectivity index (χ2v) is 3.45. The lowest BCUT2D eigenvalue weighted by Crippen LogP contribution is -2.22. The van der Waals surface area contributed by atoms with Gasteiger partial charge >= 0.3 is 7.12 Å². The van der Waals surface area contributed by atoms with E-state index in [4.69, 9.17) is 14.8 Å². The molecule has 3 nitrogen and oxygen atoms in total. The third kappa shape index (κ3) is 1.72. The fourth-order valence-corrected chi connectivity index (χ4v) is 1.27. The smallest absolute Gasteiger partial charge is 0.427 e. The molecule has 1 fully saturated rings. The average Bonchev–Trinajstić information content (AvgIpc) is 2.10. The number of hydrogen-bond acceptors (Lipinski definition) is 3. The summed E-state index contributed by atoms with van der Waals surface area (Å²) in [6.07, 6.45) is 0.727. The summed E-state index contributed by atoms with van der Waals surface area (Å²) < 4.78 is 5.29. The first-order valence-corrected chi connectivity index (χ1v) is 3.51. The molecule has 4 heteroatoms. The van der Waals surface area contributed by atoms with Crippen LogP contribution in [0.2, 0.25) is 5.82 Å². The fourth-order valence-electron chi connectivity index (χ4n) is 1.27. The van der Waals surface area contributed by atoms with Gasteiger partial charge in [-0.2, -0.15) is 0 Å². The van der Waals surface area contributed by atoms with Crippen LogP contribution in [0.4, 0.5) is 0 Å². The lowest BCUT2D eigenvalue weighted by molar-refractivity contribution is 0.0364. The highest BCUT2D eigenvalue weighted by molar-refractivity contribution is 6.43. The van der Waals surface area contributed by atoms with Crippen LogP contribution >= 0.6 is 0 Å². The summed E-state index contributed by atoms with van der Waals surface area (Å²) in [5, 5.41) is 17.5. The summed E-state index contributed by atoms with van der Waals surface area (Å²) in [5.74, 6) is -0.102. The summed E-state index contributed by atoms with van der Waals surface area (Å²) in [7, 11) is -1.22. The van der Waals surface area contributed by atoms with Gasteiger partial charge < -0.3 is 14.8 Å². The molecule has 0 radical (unpaired) electrons. The lowest BCUT2D eigenvalue weighted by atomic mass is 9.70. The molecule has 0 aromatic rings. The molecular weight excluding hydrogens is 131 g/mol. The van der Waals surface area contributed by atoms with Gasteiger partial charge in [-0.1, -0.05) is 0 Å². The standard InChI is InChI=1S/C6H13BO3/c1-6(2)3-5(4-10-6)7(8)9/h5,8-9H,3-4H2,1-2H3. The molecule has 0 spiro atoms. The van der Waals surface area contributed by atoms with E-state index in [1.54, 1.807) is 0 Å². The van der Waals surface area contributed by atoms with Crippen LogP contribution in [0.3, 0.4) is 0 Å². The lowest BCUT2D eigenvalue weighted by Gasteiger charge is -2.15. The van der Waals surface area contributed by atoms with Crippen molar-refractivity contribution in [2.75, 3.05) is 6.61 Å². The zero-order valence-electron chi connectivity index (χ0n) is 6.37. The van der Waals surface area contributed by atoms with Crippen molar-refractivity contribution in [3.05, 3.63) is 0 Å². The Morgan fingerprint density at radius 1 is 1.50 bits per heavy atom. The fraction of sp³-hybridized carbons (Fsp3) is 1.00. The van der Waals surface area contributed by atoms with Crippen LogP contribution in [0.1, 0.15) is 20.3 Å². The van der Waals surface area contributed by atoms with Gasteiger partial charge in [0.25, 0.3) is 0 Å². The largest absolute Gasteiger partial charge is 0.457 e. The minimum Gasteiger partial charge on any atom is -0.427 e. The summed E-state index contributed by atoms with van der Waals surface area (Å²) in [4.78, 5) is 0. The van der Waals surface area contributed by atoms with E-state index >= 15 is 0 Å². The molecule has 1 aliphatic heterocycles. The summed E-state index contributed by atoms with van der Waals surface area (Å²) >= 11 is 0. The average molecular weight is 144 g/mol. The van der Waals surface area contributed by atoms with Gasteiger partial charge in [0, 0.05) is 12.4 Å². The first-order valence-electron chi connectivity index (χ1n) is 3.51. The molecule has 0 aromatic heterocycles. The minimum absolute atomic E-state index is 0.102. The Morgan fingerprint density at radius 3 is 2.30 bits per heavy atom. The van der Waals surface area contributed by atoms with Crippen molar-refractivity contribution >= 4 is 7.12 Å². The summed E-state index contributed by atoms with van der Waals surface area (Å²) in [5.41, 5.74) is -0.172. The zero-order chi connectivity index (χ0) is 7.78. The van der Waals surface area contributed by atoms with Crippen molar-refractivity contribution in [3.63, 3.8) is 0 Å². The Balaban J connectivity index is 2.43. The van der Waals surface area contributed by atoms with Crippen molar-refractivity contribution in [2.24, 2.45) is 0 Å². The second-order valence-electron chi connectivity index (χ2n) is 3.45. The highest BCUT2D eigenvalue weighted by atomic mass is 16.5. The van der Waals surface area contributed by atoms with Gasteiger partial charge in [-0.05, 0) is 20.3 Å². The summed E-state index contributed by atoms with van der Waals surface area (Å²) in [6.45, 7) is 4.37. The van der Waals surface area contributed by atoms with Crippen LogP contribution in [0.5, 0.6) is 0 Å².